The lowest BCUT2D eigenvalue weighted by molar-refractivity contribution is 0.108. The van der Waals surface area contributed by atoms with E-state index in [0.717, 1.165) is 50.9 Å². The normalized spacial score (nSPS) is 18.4. The number of rotatable bonds is 7. The summed E-state index contributed by atoms with van der Waals surface area (Å²) < 4.78 is 43.8. The highest BCUT2D eigenvalue weighted by Crippen LogP contribution is 2.41. The van der Waals surface area contributed by atoms with Crippen molar-refractivity contribution in [2.24, 2.45) is 0 Å². The van der Waals surface area contributed by atoms with Gasteiger partial charge in [0.05, 0.1) is 23.1 Å². The Bertz CT molecular complexity index is 1760. The molecule has 228 valence electrons. The fourth-order valence-electron chi connectivity index (χ4n) is 7.21. The number of fused-ring (bicyclic) bond motifs is 3. The zero-order chi connectivity index (χ0) is 30.3. The van der Waals surface area contributed by atoms with Crippen LogP contribution in [-0.2, 0) is 4.74 Å². The van der Waals surface area contributed by atoms with Gasteiger partial charge in [0.25, 0.3) is 0 Å². The van der Waals surface area contributed by atoms with Gasteiger partial charge < -0.3 is 19.7 Å². The Hall–Kier alpha value is -4.07. The Labute approximate surface area is 255 Å². The first-order chi connectivity index (χ1) is 21.5. The summed E-state index contributed by atoms with van der Waals surface area (Å²) in [7, 11) is 0. The summed E-state index contributed by atoms with van der Waals surface area (Å²) in [4.78, 5) is 18.7. The van der Waals surface area contributed by atoms with Crippen LogP contribution in [0, 0.1) is 24.0 Å². The monoisotopic (exact) mass is 598 g/mol. The Morgan fingerprint density at radius 2 is 1.91 bits per heavy atom. The van der Waals surface area contributed by atoms with E-state index in [-0.39, 0.29) is 28.3 Å². The molecule has 0 bridgehead atoms. The van der Waals surface area contributed by atoms with Crippen LogP contribution >= 0.6 is 0 Å². The Balaban J connectivity index is 1.39. The van der Waals surface area contributed by atoms with Gasteiger partial charge in [0.2, 0.25) is 0 Å². The number of benzene rings is 2. The summed E-state index contributed by atoms with van der Waals surface area (Å²) >= 11 is 0. The van der Waals surface area contributed by atoms with Crippen molar-refractivity contribution in [3.05, 3.63) is 47.7 Å². The molecule has 2 aromatic heterocycles. The van der Waals surface area contributed by atoms with Crippen molar-refractivity contribution >= 4 is 33.2 Å². The minimum atomic E-state index is -0.634. The van der Waals surface area contributed by atoms with E-state index in [1.54, 1.807) is 18.3 Å². The van der Waals surface area contributed by atoms with E-state index < -0.39 is 11.6 Å². The summed E-state index contributed by atoms with van der Waals surface area (Å²) in [6, 6.07) is 6.78. The molecule has 44 heavy (non-hydrogen) atoms. The second-order valence-electron chi connectivity index (χ2n) is 11.9. The molecule has 1 N–H and O–H groups in total. The second-order valence-corrected chi connectivity index (χ2v) is 11.9. The molecule has 8 nitrogen and oxygen atoms in total. The number of anilines is 2. The molecular formula is C34H36F2N6O2. The lowest BCUT2D eigenvalue weighted by Gasteiger charge is -2.31. The fourth-order valence-corrected chi connectivity index (χ4v) is 7.21. The van der Waals surface area contributed by atoms with Gasteiger partial charge in [-0.15, -0.1) is 6.42 Å². The number of nitrogens with one attached hydrogen (secondary N) is 1. The molecule has 3 saturated heterocycles. The number of hydrogen-bond acceptors (Lipinski definition) is 8. The van der Waals surface area contributed by atoms with E-state index in [1.807, 2.05) is 13.0 Å². The van der Waals surface area contributed by atoms with Crippen molar-refractivity contribution < 1.29 is 18.3 Å². The molecule has 2 aromatic carbocycles. The summed E-state index contributed by atoms with van der Waals surface area (Å²) in [5.41, 5.74) is 1.33. The third-order valence-electron chi connectivity index (χ3n) is 9.29. The van der Waals surface area contributed by atoms with E-state index >= 15 is 4.39 Å². The molecule has 0 saturated carbocycles. The van der Waals surface area contributed by atoms with Crippen LogP contribution < -0.4 is 15.0 Å². The molecule has 0 aliphatic carbocycles. The Morgan fingerprint density at radius 3 is 2.70 bits per heavy atom. The topological polar surface area (TPSA) is 75.6 Å². The zero-order valence-electron chi connectivity index (χ0n) is 25.0. The molecule has 3 aliphatic heterocycles. The van der Waals surface area contributed by atoms with Crippen LogP contribution in [0.5, 0.6) is 6.01 Å². The lowest BCUT2D eigenvalue weighted by Crippen LogP contribution is -2.43. The van der Waals surface area contributed by atoms with Crippen molar-refractivity contribution in [3.63, 3.8) is 0 Å². The van der Waals surface area contributed by atoms with Crippen molar-refractivity contribution in [2.45, 2.75) is 44.6 Å². The van der Waals surface area contributed by atoms with Crippen LogP contribution in [0.25, 0.3) is 32.9 Å². The van der Waals surface area contributed by atoms with Crippen LogP contribution in [-0.4, -0.2) is 77.9 Å². The van der Waals surface area contributed by atoms with E-state index in [9.17, 15) is 4.39 Å². The van der Waals surface area contributed by atoms with Gasteiger partial charge in [0.1, 0.15) is 29.5 Å². The molecule has 5 heterocycles. The number of nitrogens with zero attached hydrogens (tertiary/aromatic N) is 5. The molecule has 0 spiro atoms. The summed E-state index contributed by atoms with van der Waals surface area (Å²) in [5, 5.41) is 4.88. The highest BCUT2D eigenvalue weighted by atomic mass is 19.1. The smallest absolute Gasteiger partial charge is 0.319 e. The number of ether oxygens (including phenoxy) is 2. The molecule has 0 atom stereocenters. The first kappa shape index (κ1) is 28.7. The van der Waals surface area contributed by atoms with Gasteiger partial charge in [-0.05, 0) is 75.7 Å². The average Bonchev–Trinajstić information content (AvgIpc) is 3.50. The summed E-state index contributed by atoms with van der Waals surface area (Å²) in [5.74, 6) is 1.86. The van der Waals surface area contributed by atoms with Crippen LogP contribution in [0.3, 0.4) is 0 Å². The van der Waals surface area contributed by atoms with E-state index in [4.69, 9.17) is 20.9 Å². The Morgan fingerprint density at radius 1 is 1.07 bits per heavy atom. The van der Waals surface area contributed by atoms with Crippen LogP contribution in [0.2, 0.25) is 0 Å². The minimum Gasteiger partial charge on any atom is -0.461 e. The maximum atomic E-state index is 16.9. The molecule has 0 unspecified atom stereocenters. The predicted molar refractivity (Wildman–Crippen MR) is 168 cm³/mol. The fraction of sp³-hybridized carbons (Fsp3) is 0.441. The molecule has 3 fully saturated rings. The van der Waals surface area contributed by atoms with Crippen molar-refractivity contribution in [1.29, 1.82) is 0 Å². The van der Waals surface area contributed by atoms with Crippen molar-refractivity contribution in [3.8, 4) is 29.6 Å². The van der Waals surface area contributed by atoms with Gasteiger partial charge in [-0.3, -0.25) is 9.88 Å². The molecule has 0 radical (unpaired) electrons. The van der Waals surface area contributed by atoms with Gasteiger partial charge >= 0.3 is 6.01 Å². The van der Waals surface area contributed by atoms with E-state index in [2.05, 4.69) is 31.0 Å². The largest absolute Gasteiger partial charge is 0.461 e. The van der Waals surface area contributed by atoms with Crippen LogP contribution in [0.15, 0.2) is 30.5 Å². The molecule has 7 rings (SSSR count). The third kappa shape index (κ3) is 4.98. The zero-order valence-corrected chi connectivity index (χ0v) is 25.0. The number of aromatic nitrogens is 3. The molecule has 10 heteroatoms. The minimum absolute atomic E-state index is 0.0157. The Kier molecular flexibility index (Phi) is 7.69. The van der Waals surface area contributed by atoms with Gasteiger partial charge in [0, 0.05) is 49.1 Å². The number of hydrogen-bond donors (Lipinski definition) is 1. The molecule has 4 aromatic rings. The lowest BCUT2D eigenvalue weighted by atomic mass is 9.95. The van der Waals surface area contributed by atoms with Gasteiger partial charge in [0.15, 0.2) is 5.82 Å². The summed E-state index contributed by atoms with van der Waals surface area (Å²) in [6.45, 7) is 7.73. The highest BCUT2D eigenvalue weighted by Gasteiger charge is 2.45. The van der Waals surface area contributed by atoms with Gasteiger partial charge in [-0.25, -0.2) is 8.78 Å². The molecule has 0 amide bonds. The van der Waals surface area contributed by atoms with Crippen LogP contribution in [0.1, 0.15) is 44.6 Å². The molecular weight excluding hydrogens is 562 g/mol. The maximum Gasteiger partial charge on any atom is 0.319 e. The second kappa shape index (κ2) is 11.8. The highest BCUT2D eigenvalue weighted by molar-refractivity contribution is 6.04. The number of terminal acetylenes is 1. The standard InChI is InChI=1S/C34H36F2N6O2/c1-3-24-27(35)9-8-22-18-23(37-4-2)19-25(28(22)24)30-29(36)31-26(20-38-30)32(41-12-7-16-43-17-15-41)40-33(39-31)44-21-34-10-5-13-42(34)14-6-11-34/h1,8-9,18-20,37H,4-7,10-17,21H2,2H3. The van der Waals surface area contributed by atoms with E-state index in [1.165, 1.54) is 6.07 Å². The van der Waals surface area contributed by atoms with Crippen molar-refractivity contribution in [2.75, 3.05) is 62.8 Å². The maximum absolute atomic E-state index is 16.9. The number of halogens is 2. The van der Waals surface area contributed by atoms with Crippen molar-refractivity contribution in [1.82, 2.24) is 19.9 Å². The quantitative estimate of drug-likeness (QED) is 0.269. The summed E-state index contributed by atoms with van der Waals surface area (Å²) in [6.07, 6.45) is 12.6. The predicted octanol–water partition coefficient (Wildman–Crippen LogP) is 5.77. The SMILES string of the molecule is C#Cc1c(F)ccc2cc(NCC)cc(-c3ncc4c(N5CCCOCC5)nc(OCC56CCCN5CCC6)nc4c3F)c12. The average molecular weight is 599 g/mol. The van der Waals surface area contributed by atoms with E-state index in [0.29, 0.717) is 67.0 Å². The van der Waals surface area contributed by atoms with Gasteiger partial charge in [-0.2, -0.15) is 9.97 Å². The number of pyridine rings is 1. The molecule has 3 aliphatic rings. The van der Waals surface area contributed by atoms with Crippen LogP contribution in [0.4, 0.5) is 20.3 Å². The third-order valence-corrected chi connectivity index (χ3v) is 9.29. The van der Waals surface area contributed by atoms with Gasteiger partial charge in [-0.1, -0.05) is 12.0 Å². The first-order valence-electron chi connectivity index (χ1n) is 15.6. The first-order valence-corrected chi connectivity index (χ1v) is 15.6.